The molecule has 1 heterocycles. The quantitative estimate of drug-likeness (QED) is 0.169. The molecule has 2 aromatic carbocycles. The first kappa shape index (κ1) is 24.1. The van der Waals surface area contributed by atoms with Crippen LogP contribution in [0.1, 0.15) is 12.0 Å². The van der Waals surface area contributed by atoms with Crippen molar-refractivity contribution in [1.82, 2.24) is 0 Å². The van der Waals surface area contributed by atoms with Crippen molar-refractivity contribution in [2.75, 3.05) is 13.7 Å². The monoisotopic (exact) mass is 480 g/mol. The SMILES string of the molecule is C=CC(=O)OCCCc1ccc2c(sc3c(OC(F)(F)F)c(OC(=O)C=C)ccc32)c1OC. The molecule has 0 spiro atoms. The molecule has 0 fully saturated rings. The minimum atomic E-state index is -5.00. The van der Waals surface area contributed by atoms with Crippen molar-refractivity contribution in [2.24, 2.45) is 0 Å². The summed E-state index contributed by atoms with van der Waals surface area (Å²) < 4.78 is 59.9. The first-order chi connectivity index (χ1) is 15.7. The average Bonchev–Trinajstić information content (AvgIpc) is 3.15. The van der Waals surface area contributed by atoms with Gasteiger partial charge >= 0.3 is 18.3 Å². The molecule has 3 aromatic rings. The minimum absolute atomic E-state index is 0.145. The molecule has 0 amide bonds. The van der Waals surface area contributed by atoms with E-state index in [0.717, 1.165) is 29.1 Å². The van der Waals surface area contributed by atoms with E-state index < -0.39 is 24.1 Å². The maximum absolute atomic E-state index is 13.1. The van der Waals surface area contributed by atoms with Crippen molar-refractivity contribution in [1.29, 1.82) is 0 Å². The molecule has 0 atom stereocenters. The first-order valence-corrected chi connectivity index (χ1v) is 10.4. The summed E-state index contributed by atoms with van der Waals surface area (Å²) in [5.74, 6) is -1.94. The lowest BCUT2D eigenvalue weighted by Crippen LogP contribution is -2.18. The fourth-order valence-electron chi connectivity index (χ4n) is 3.23. The Balaban J connectivity index is 2.08. The predicted octanol–water partition coefficient (Wildman–Crippen LogP) is 5.71. The molecule has 0 saturated carbocycles. The summed E-state index contributed by atoms with van der Waals surface area (Å²) in [6.07, 6.45) is -2.07. The van der Waals surface area contributed by atoms with E-state index in [1.807, 2.05) is 0 Å². The lowest BCUT2D eigenvalue weighted by molar-refractivity contribution is -0.274. The van der Waals surface area contributed by atoms with Gasteiger partial charge in [0.1, 0.15) is 5.75 Å². The number of hydrogen-bond acceptors (Lipinski definition) is 7. The van der Waals surface area contributed by atoms with Gasteiger partial charge in [0.25, 0.3) is 0 Å². The second-order valence-electron chi connectivity index (χ2n) is 6.65. The third-order valence-corrected chi connectivity index (χ3v) is 5.78. The normalized spacial score (nSPS) is 11.3. The summed E-state index contributed by atoms with van der Waals surface area (Å²) in [5, 5.41) is 1.14. The Morgan fingerprint density at radius 1 is 1.00 bits per heavy atom. The molecule has 33 heavy (non-hydrogen) atoms. The van der Waals surface area contributed by atoms with Gasteiger partial charge in [0.05, 0.1) is 23.1 Å². The third-order valence-electron chi connectivity index (χ3n) is 4.56. The van der Waals surface area contributed by atoms with Crippen LogP contribution in [0.3, 0.4) is 0 Å². The van der Waals surface area contributed by atoms with Crippen molar-refractivity contribution in [3.8, 4) is 17.2 Å². The van der Waals surface area contributed by atoms with Gasteiger partial charge in [-0.25, -0.2) is 9.59 Å². The Hall–Kier alpha value is -3.53. The zero-order valence-electron chi connectivity index (χ0n) is 17.5. The number of aryl methyl sites for hydroxylation is 1. The van der Waals surface area contributed by atoms with Gasteiger partial charge in [-0.15, -0.1) is 24.5 Å². The van der Waals surface area contributed by atoms with E-state index in [1.54, 1.807) is 18.2 Å². The molecule has 0 aliphatic carbocycles. The van der Waals surface area contributed by atoms with E-state index in [0.29, 0.717) is 34.1 Å². The Morgan fingerprint density at radius 3 is 2.24 bits per heavy atom. The van der Waals surface area contributed by atoms with Gasteiger partial charge in [-0.05, 0) is 30.5 Å². The molecule has 174 valence electrons. The lowest BCUT2D eigenvalue weighted by atomic mass is 10.0. The highest BCUT2D eigenvalue weighted by Crippen LogP contribution is 2.49. The van der Waals surface area contributed by atoms with Crippen LogP contribution in [0.25, 0.3) is 20.2 Å². The highest BCUT2D eigenvalue weighted by molar-refractivity contribution is 7.26. The van der Waals surface area contributed by atoms with E-state index in [4.69, 9.17) is 14.2 Å². The second kappa shape index (κ2) is 9.95. The summed E-state index contributed by atoms with van der Waals surface area (Å²) in [4.78, 5) is 22.8. The second-order valence-corrected chi connectivity index (χ2v) is 7.68. The van der Waals surface area contributed by atoms with Crippen molar-refractivity contribution >= 4 is 43.4 Å². The number of ether oxygens (including phenoxy) is 4. The summed E-state index contributed by atoms with van der Waals surface area (Å²) in [6, 6.07) is 6.37. The van der Waals surface area contributed by atoms with Gasteiger partial charge in [-0.2, -0.15) is 0 Å². The average molecular weight is 480 g/mol. The van der Waals surface area contributed by atoms with Gasteiger partial charge < -0.3 is 18.9 Å². The van der Waals surface area contributed by atoms with Crippen LogP contribution in [0.2, 0.25) is 0 Å². The topological polar surface area (TPSA) is 71.1 Å². The van der Waals surface area contributed by atoms with E-state index in [9.17, 15) is 22.8 Å². The highest BCUT2D eigenvalue weighted by atomic mass is 32.1. The lowest BCUT2D eigenvalue weighted by Gasteiger charge is -2.13. The molecule has 10 heteroatoms. The third kappa shape index (κ3) is 5.46. The fraction of sp³-hybridized carbons (Fsp3) is 0.217. The number of carbonyl (C=O) groups is 2. The minimum Gasteiger partial charge on any atom is -0.495 e. The molecular formula is C23H19F3O6S. The molecule has 0 saturated heterocycles. The molecule has 0 unspecified atom stereocenters. The molecule has 3 rings (SSSR count). The standard InChI is InChI=1S/C23H19F3O6S/c1-4-17(27)30-12-6-7-13-8-9-14-15-10-11-16(31-18(28)5-2)20(32-23(24,25)26)22(15)33-21(14)19(13)29-3/h4-5,8-11H,1-2,6-7,12H2,3H3. The Kier molecular flexibility index (Phi) is 7.27. The molecule has 0 bridgehead atoms. The van der Waals surface area contributed by atoms with Crippen molar-refractivity contribution < 1.29 is 41.7 Å². The molecule has 0 aliphatic rings. The van der Waals surface area contributed by atoms with Gasteiger partial charge in [-0.3, -0.25) is 0 Å². The number of methoxy groups -OCH3 is 1. The van der Waals surface area contributed by atoms with E-state index in [-0.39, 0.29) is 17.1 Å². The zero-order valence-corrected chi connectivity index (χ0v) is 18.3. The van der Waals surface area contributed by atoms with E-state index in [1.165, 1.54) is 13.2 Å². The summed E-state index contributed by atoms with van der Waals surface area (Å²) in [5.41, 5.74) is 0.794. The maximum atomic E-state index is 13.1. The van der Waals surface area contributed by atoms with Crippen LogP contribution in [0, 0.1) is 0 Å². The van der Waals surface area contributed by atoms with Gasteiger partial charge in [0.2, 0.25) is 0 Å². The van der Waals surface area contributed by atoms with Gasteiger partial charge in [0.15, 0.2) is 11.5 Å². The van der Waals surface area contributed by atoms with Crippen LogP contribution in [-0.4, -0.2) is 32.0 Å². The number of rotatable bonds is 9. The van der Waals surface area contributed by atoms with E-state index >= 15 is 0 Å². The molecule has 0 radical (unpaired) electrons. The van der Waals surface area contributed by atoms with Crippen molar-refractivity contribution in [3.63, 3.8) is 0 Å². The number of alkyl halides is 3. The summed E-state index contributed by atoms with van der Waals surface area (Å²) in [7, 11) is 1.46. The predicted molar refractivity (Wildman–Crippen MR) is 118 cm³/mol. The maximum Gasteiger partial charge on any atom is 0.573 e. The number of carbonyl (C=O) groups excluding carboxylic acids is 2. The smallest absolute Gasteiger partial charge is 0.495 e. The number of fused-ring (bicyclic) bond motifs is 3. The fourth-order valence-corrected chi connectivity index (χ4v) is 4.56. The van der Waals surface area contributed by atoms with Crippen LogP contribution >= 0.6 is 11.3 Å². The van der Waals surface area contributed by atoms with Crippen LogP contribution in [-0.2, 0) is 20.7 Å². The van der Waals surface area contributed by atoms with Crippen LogP contribution < -0.4 is 14.2 Å². The Bertz CT molecular complexity index is 1230. The van der Waals surface area contributed by atoms with Crippen molar-refractivity contribution in [3.05, 3.63) is 55.1 Å². The first-order valence-electron chi connectivity index (χ1n) is 9.62. The number of esters is 2. The molecule has 0 aliphatic heterocycles. The van der Waals surface area contributed by atoms with E-state index in [2.05, 4.69) is 17.9 Å². The number of hydrogen-bond donors (Lipinski definition) is 0. The van der Waals surface area contributed by atoms with Gasteiger partial charge in [0, 0.05) is 22.9 Å². The highest BCUT2D eigenvalue weighted by Gasteiger charge is 2.34. The van der Waals surface area contributed by atoms with Crippen LogP contribution in [0.4, 0.5) is 13.2 Å². The van der Waals surface area contributed by atoms with Crippen molar-refractivity contribution in [2.45, 2.75) is 19.2 Å². The molecule has 1 aromatic heterocycles. The van der Waals surface area contributed by atoms with Crippen LogP contribution in [0.5, 0.6) is 17.2 Å². The Morgan fingerprint density at radius 2 is 1.64 bits per heavy atom. The summed E-state index contributed by atoms with van der Waals surface area (Å²) in [6.45, 7) is 6.76. The summed E-state index contributed by atoms with van der Waals surface area (Å²) >= 11 is 1.03. The van der Waals surface area contributed by atoms with Crippen LogP contribution in [0.15, 0.2) is 49.6 Å². The Labute approximate surface area is 190 Å². The zero-order chi connectivity index (χ0) is 24.2. The molecular weight excluding hydrogens is 461 g/mol. The largest absolute Gasteiger partial charge is 0.573 e. The van der Waals surface area contributed by atoms with Gasteiger partial charge in [-0.1, -0.05) is 25.3 Å². The number of halogens is 3. The molecule has 0 N–H and O–H groups in total. The number of thiophene rings is 1. The molecule has 6 nitrogen and oxygen atoms in total. The number of benzene rings is 2.